The van der Waals surface area contributed by atoms with Gasteiger partial charge in [-0.05, 0) is 24.3 Å². The Morgan fingerprint density at radius 1 is 1.23 bits per heavy atom. The third-order valence-electron chi connectivity index (χ3n) is 3.32. The summed E-state index contributed by atoms with van der Waals surface area (Å²) in [5.41, 5.74) is 2.21. The summed E-state index contributed by atoms with van der Waals surface area (Å²) in [6, 6.07) is 12.1. The van der Waals surface area contributed by atoms with Crippen LogP contribution in [0.25, 0.3) is 0 Å². The number of aldehydes is 1. The molecule has 0 atom stereocenters. The normalized spacial score (nSPS) is 13.1. The molecule has 108 valence electrons. The molecule has 0 amide bonds. The zero-order valence-corrected chi connectivity index (χ0v) is 11.9. The molecule has 0 saturated heterocycles. The minimum absolute atomic E-state index is 0.414. The number of benzene rings is 2. The fraction of sp³-hybridized carbons (Fsp3) is 0.0625. The number of aliphatic imine (C=N–C) groups is 1. The molecule has 0 fully saturated rings. The van der Waals surface area contributed by atoms with Crippen molar-refractivity contribution in [3.05, 3.63) is 59.2 Å². The van der Waals surface area contributed by atoms with Crippen molar-refractivity contribution in [1.29, 1.82) is 0 Å². The summed E-state index contributed by atoms with van der Waals surface area (Å²) in [7, 11) is 0.798. The van der Waals surface area contributed by atoms with Gasteiger partial charge in [-0.3, -0.25) is 9.79 Å². The fourth-order valence-corrected chi connectivity index (χ4v) is 2.30. The van der Waals surface area contributed by atoms with Gasteiger partial charge in [0.1, 0.15) is 12.0 Å². The Labute approximate surface area is 127 Å². The maximum Gasteiger partial charge on any atom is 0.635 e. The molecule has 0 aromatic heterocycles. The van der Waals surface area contributed by atoms with Gasteiger partial charge in [-0.15, -0.1) is 0 Å². The summed E-state index contributed by atoms with van der Waals surface area (Å²) in [4.78, 5) is 26.7. The molecule has 0 spiro atoms. The van der Waals surface area contributed by atoms with Crippen LogP contribution in [0, 0.1) is 0 Å². The molecular weight excluding hydrogens is 281 g/mol. The van der Waals surface area contributed by atoms with Crippen molar-refractivity contribution in [3.63, 3.8) is 0 Å². The smallest absolute Gasteiger partial charge is 0.521 e. The monoisotopic (exact) mass is 293 g/mol. The third-order valence-corrected chi connectivity index (χ3v) is 3.32. The SMILES string of the molecule is CN=Cc1ccccc1OB1OC(=O)c2ccc(C=O)cc21. The molecule has 0 N–H and O–H groups in total. The standard InChI is InChI=1S/C16H12BNO4/c1-18-9-12-4-2-3-5-15(12)21-17-14-8-11(10-19)6-7-13(14)16(20)22-17/h2-10H,1H3. The van der Waals surface area contributed by atoms with Crippen LogP contribution in [-0.2, 0) is 4.65 Å². The topological polar surface area (TPSA) is 65.0 Å². The van der Waals surface area contributed by atoms with Gasteiger partial charge in [-0.2, -0.15) is 0 Å². The molecular formula is C16H12BNO4. The Kier molecular flexibility index (Phi) is 3.74. The van der Waals surface area contributed by atoms with Gasteiger partial charge in [0.2, 0.25) is 0 Å². The van der Waals surface area contributed by atoms with Crippen LogP contribution in [-0.4, -0.2) is 32.6 Å². The number of hydrogen-bond donors (Lipinski definition) is 0. The Hall–Kier alpha value is -2.89. The second-order valence-corrected chi connectivity index (χ2v) is 4.74. The van der Waals surface area contributed by atoms with Crippen LogP contribution >= 0.6 is 0 Å². The highest BCUT2D eigenvalue weighted by molar-refractivity contribution is 6.68. The number of para-hydroxylation sites is 1. The first-order valence-corrected chi connectivity index (χ1v) is 6.71. The first kappa shape index (κ1) is 14.1. The second-order valence-electron chi connectivity index (χ2n) is 4.74. The molecule has 0 radical (unpaired) electrons. The lowest BCUT2D eigenvalue weighted by Gasteiger charge is -2.11. The lowest BCUT2D eigenvalue weighted by atomic mass is 9.78. The van der Waals surface area contributed by atoms with Crippen molar-refractivity contribution < 1.29 is 18.9 Å². The van der Waals surface area contributed by atoms with Crippen molar-refractivity contribution in [2.24, 2.45) is 4.99 Å². The average Bonchev–Trinajstić information content (AvgIpc) is 2.85. The van der Waals surface area contributed by atoms with Gasteiger partial charge in [0.25, 0.3) is 0 Å². The third kappa shape index (κ3) is 2.51. The highest BCUT2D eigenvalue weighted by Gasteiger charge is 2.40. The van der Waals surface area contributed by atoms with E-state index in [1.54, 1.807) is 37.5 Å². The number of hydrogen-bond acceptors (Lipinski definition) is 5. The van der Waals surface area contributed by atoms with E-state index in [9.17, 15) is 9.59 Å². The first-order chi connectivity index (χ1) is 10.7. The first-order valence-electron chi connectivity index (χ1n) is 6.71. The van der Waals surface area contributed by atoms with Crippen LogP contribution in [0.5, 0.6) is 5.75 Å². The summed E-state index contributed by atoms with van der Waals surface area (Å²) >= 11 is 0. The van der Waals surface area contributed by atoms with Crippen molar-refractivity contribution in [2.75, 3.05) is 7.05 Å². The number of nitrogens with zero attached hydrogens (tertiary/aromatic N) is 1. The van der Waals surface area contributed by atoms with Gasteiger partial charge in [-0.1, -0.05) is 18.2 Å². The van der Waals surface area contributed by atoms with Gasteiger partial charge >= 0.3 is 13.1 Å². The number of carbonyl (C=O) groups excluding carboxylic acids is 2. The molecule has 5 nitrogen and oxygen atoms in total. The molecule has 1 aliphatic rings. The molecule has 1 aliphatic heterocycles. The van der Waals surface area contributed by atoms with E-state index in [2.05, 4.69) is 4.99 Å². The minimum Gasteiger partial charge on any atom is -0.521 e. The Morgan fingerprint density at radius 3 is 2.82 bits per heavy atom. The molecule has 2 aromatic carbocycles. The molecule has 6 heteroatoms. The lowest BCUT2D eigenvalue weighted by molar-refractivity contribution is 0.0730. The highest BCUT2D eigenvalue weighted by atomic mass is 16.6. The predicted molar refractivity (Wildman–Crippen MR) is 83.2 cm³/mol. The molecule has 22 heavy (non-hydrogen) atoms. The molecule has 0 bridgehead atoms. The number of rotatable bonds is 4. The van der Waals surface area contributed by atoms with Gasteiger partial charge in [0.15, 0.2) is 0 Å². The Bertz CT molecular complexity index is 772. The van der Waals surface area contributed by atoms with Crippen molar-refractivity contribution in [2.45, 2.75) is 0 Å². The Morgan fingerprint density at radius 2 is 2.05 bits per heavy atom. The van der Waals surface area contributed by atoms with Crippen LogP contribution in [0.3, 0.4) is 0 Å². The van der Waals surface area contributed by atoms with Gasteiger partial charge in [0, 0.05) is 29.9 Å². The quantitative estimate of drug-likeness (QED) is 0.487. The average molecular weight is 293 g/mol. The van der Waals surface area contributed by atoms with Crippen LogP contribution in [0.2, 0.25) is 0 Å². The van der Waals surface area contributed by atoms with E-state index in [1.165, 1.54) is 0 Å². The number of fused-ring (bicyclic) bond motifs is 1. The van der Waals surface area contributed by atoms with Gasteiger partial charge in [-0.25, -0.2) is 4.79 Å². The maximum absolute atomic E-state index is 11.9. The van der Waals surface area contributed by atoms with E-state index in [1.807, 2.05) is 18.2 Å². The molecule has 0 aliphatic carbocycles. The second kappa shape index (κ2) is 5.85. The van der Waals surface area contributed by atoms with Gasteiger partial charge < -0.3 is 9.31 Å². The Balaban J connectivity index is 1.96. The van der Waals surface area contributed by atoms with E-state index in [0.717, 1.165) is 11.8 Å². The molecule has 1 heterocycles. The highest BCUT2D eigenvalue weighted by Crippen LogP contribution is 2.20. The van der Waals surface area contributed by atoms with Crippen LogP contribution in [0.1, 0.15) is 26.3 Å². The lowest BCUT2D eigenvalue weighted by Crippen LogP contribution is -2.36. The van der Waals surface area contributed by atoms with E-state index < -0.39 is 13.1 Å². The molecule has 2 aromatic rings. The predicted octanol–water partition coefficient (Wildman–Crippen LogP) is 1.49. The zero-order valence-electron chi connectivity index (χ0n) is 11.9. The molecule has 0 unspecified atom stereocenters. The largest absolute Gasteiger partial charge is 0.635 e. The van der Waals surface area contributed by atoms with Crippen molar-refractivity contribution in [3.8, 4) is 5.75 Å². The van der Waals surface area contributed by atoms with E-state index >= 15 is 0 Å². The number of carbonyl (C=O) groups is 2. The van der Waals surface area contributed by atoms with Crippen LogP contribution in [0.15, 0.2) is 47.5 Å². The van der Waals surface area contributed by atoms with E-state index in [-0.39, 0.29) is 0 Å². The summed E-state index contributed by atoms with van der Waals surface area (Å²) in [6.07, 6.45) is 2.38. The summed E-state index contributed by atoms with van der Waals surface area (Å²) in [5.74, 6) is 0.0920. The molecule has 0 saturated carbocycles. The fourth-order valence-electron chi connectivity index (χ4n) is 2.30. The zero-order chi connectivity index (χ0) is 15.5. The van der Waals surface area contributed by atoms with E-state index in [4.69, 9.17) is 9.31 Å². The van der Waals surface area contributed by atoms with Crippen LogP contribution in [0.4, 0.5) is 0 Å². The van der Waals surface area contributed by atoms with Crippen molar-refractivity contribution >= 4 is 31.1 Å². The minimum atomic E-state index is -0.867. The molecule has 3 rings (SSSR count). The van der Waals surface area contributed by atoms with Gasteiger partial charge in [0.05, 0.1) is 5.56 Å². The summed E-state index contributed by atoms with van der Waals surface area (Å²) in [6.45, 7) is 0. The van der Waals surface area contributed by atoms with Crippen LogP contribution < -0.4 is 10.1 Å². The van der Waals surface area contributed by atoms with E-state index in [0.29, 0.717) is 22.3 Å². The maximum atomic E-state index is 11.9. The van der Waals surface area contributed by atoms with Crippen molar-refractivity contribution in [1.82, 2.24) is 0 Å². The summed E-state index contributed by atoms with van der Waals surface area (Å²) in [5, 5.41) is 0. The summed E-state index contributed by atoms with van der Waals surface area (Å²) < 4.78 is 11.1.